The van der Waals surface area contributed by atoms with Crippen molar-refractivity contribution in [3.05, 3.63) is 35.4 Å². The summed E-state index contributed by atoms with van der Waals surface area (Å²) in [5.74, 6) is -0.903. The fourth-order valence-electron chi connectivity index (χ4n) is 2.58. The second kappa shape index (κ2) is 6.72. The van der Waals surface area contributed by atoms with Crippen LogP contribution in [0.4, 0.5) is 0 Å². The Hall–Kier alpha value is -1.88. The summed E-state index contributed by atoms with van der Waals surface area (Å²) in [5, 5.41) is 8.92. The molecule has 1 aromatic rings. The highest BCUT2D eigenvalue weighted by molar-refractivity contribution is 5.79. The van der Waals surface area contributed by atoms with Gasteiger partial charge in [0.2, 0.25) is 5.91 Å². The van der Waals surface area contributed by atoms with E-state index in [-0.39, 0.29) is 25.0 Å². The number of amides is 1. The number of rotatable bonds is 5. The van der Waals surface area contributed by atoms with Gasteiger partial charge in [0.25, 0.3) is 0 Å². The van der Waals surface area contributed by atoms with Crippen molar-refractivity contribution >= 4 is 11.9 Å². The van der Waals surface area contributed by atoms with Crippen LogP contribution >= 0.6 is 0 Å². The van der Waals surface area contributed by atoms with Gasteiger partial charge in [-0.2, -0.15) is 0 Å². The van der Waals surface area contributed by atoms with Crippen molar-refractivity contribution in [3.8, 4) is 0 Å². The minimum Gasteiger partial charge on any atom is -0.480 e. The van der Waals surface area contributed by atoms with E-state index in [2.05, 4.69) is 6.07 Å². The predicted octanol–water partition coefficient (Wildman–Crippen LogP) is 1.37. The number of carboxylic acids is 1. The van der Waals surface area contributed by atoms with E-state index in [0.717, 1.165) is 6.42 Å². The van der Waals surface area contributed by atoms with Gasteiger partial charge in [0.1, 0.15) is 0 Å². The molecule has 1 N–H and O–H groups in total. The van der Waals surface area contributed by atoms with Gasteiger partial charge in [0, 0.05) is 19.1 Å². The molecule has 5 nitrogen and oxygen atoms in total. The van der Waals surface area contributed by atoms with E-state index in [1.54, 1.807) is 4.90 Å². The SMILES string of the molecule is CC(C)N(CC(=O)O)CC(=O)N1CCc2ccccc2C1. The summed E-state index contributed by atoms with van der Waals surface area (Å²) in [7, 11) is 0. The van der Waals surface area contributed by atoms with Crippen molar-refractivity contribution in [1.82, 2.24) is 9.80 Å². The average Bonchev–Trinajstić information content (AvgIpc) is 2.45. The molecule has 0 unspecified atom stereocenters. The van der Waals surface area contributed by atoms with Crippen LogP contribution in [0.25, 0.3) is 0 Å². The van der Waals surface area contributed by atoms with Crippen LogP contribution in [0.1, 0.15) is 25.0 Å². The number of fused-ring (bicyclic) bond motifs is 1. The van der Waals surface area contributed by atoms with Gasteiger partial charge in [-0.1, -0.05) is 24.3 Å². The van der Waals surface area contributed by atoms with Crippen LogP contribution in [-0.4, -0.2) is 52.5 Å². The molecule has 0 aliphatic carbocycles. The van der Waals surface area contributed by atoms with Crippen LogP contribution in [0.5, 0.6) is 0 Å². The lowest BCUT2D eigenvalue weighted by molar-refractivity contribution is -0.140. The maximum Gasteiger partial charge on any atom is 0.317 e. The fraction of sp³-hybridized carbons (Fsp3) is 0.500. The molecule has 1 aliphatic rings. The van der Waals surface area contributed by atoms with Gasteiger partial charge < -0.3 is 10.0 Å². The molecule has 0 bridgehead atoms. The molecule has 0 fully saturated rings. The topological polar surface area (TPSA) is 60.9 Å². The lowest BCUT2D eigenvalue weighted by Crippen LogP contribution is -2.46. The standard InChI is InChI=1S/C16H22N2O3/c1-12(2)18(11-16(20)21)10-15(19)17-8-7-13-5-3-4-6-14(13)9-17/h3-6,12H,7-11H2,1-2H3,(H,20,21). The first-order valence-electron chi connectivity index (χ1n) is 7.27. The molecule has 0 aromatic heterocycles. The highest BCUT2D eigenvalue weighted by Gasteiger charge is 2.24. The Morgan fingerprint density at radius 1 is 1.24 bits per heavy atom. The molecule has 21 heavy (non-hydrogen) atoms. The van der Waals surface area contributed by atoms with E-state index in [1.807, 2.05) is 36.9 Å². The van der Waals surface area contributed by atoms with Crippen molar-refractivity contribution in [2.45, 2.75) is 32.9 Å². The Labute approximate surface area is 125 Å². The molecule has 0 saturated heterocycles. The number of hydrogen-bond donors (Lipinski definition) is 1. The summed E-state index contributed by atoms with van der Waals surface area (Å²) in [6.45, 7) is 5.19. The number of carbonyl (C=O) groups excluding carboxylic acids is 1. The van der Waals surface area contributed by atoms with Crippen molar-refractivity contribution in [2.24, 2.45) is 0 Å². The third kappa shape index (κ3) is 4.04. The maximum absolute atomic E-state index is 12.4. The number of carboxylic acid groups (broad SMARTS) is 1. The molecule has 0 radical (unpaired) electrons. The molecule has 1 aromatic carbocycles. The second-order valence-electron chi connectivity index (χ2n) is 5.73. The van der Waals surface area contributed by atoms with Crippen molar-refractivity contribution < 1.29 is 14.7 Å². The third-order valence-corrected chi connectivity index (χ3v) is 3.89. The molecule has 1 amide bonds. The van der Waals surface area contributed by atoms with Crippen LogP contribution in [-0.2, 0) is 22.6 Å². The molecule has 1 heterocycles. The minimum atomic E-state index is -0.902. The molecule has 5 heteroatoms. The summed E-state index contributed by atoms with van der Waals surface area (Å²) in [6, 6.07) is 8.18. The quantitative estimate of drug-likeness (QED) is 0.889. The molecule has 114 valence electrons. The van der Waals surface area contributed by atoms with Crippen LogP contribution < -0.4 is 0 Å². The number of benzene rings is 1. The fourth-order valence-corrected chi connectivity index (χ4v) is 2.58. The molecule has 2 rings (SSSR count). The van der Waals surface area contributed by atoms with E-state index in [4.69, 9.17) is 5.11 Å². The van der Waals surface area contributed by atoms with Gasteiger partial charge in [0.05, 0.1) is 13.1 Å². The Bertz CT molecular complexity index is 528. The minimum absolute atomic E-state index is 0.000506. The molecular weight excluding hydrogens is 268 g/mol. The van der Waals surface area contributed by atoms with E-state index < -0.39 is 5.97 Å². The zero-order chi connectivity index (χ0) is 15.4. The van der Waals surface area contributed by atoms with Gasteiger partial charge in [-0.3, -0.25) is 14.5 Å². The number of nitrogens with zero attached hydrogens (tertiary/aromatic N) is 2. The van der Waals surface area contributed by atoms with Crippen LogP contribution in [0, 0.1) is 0 Å². The van der Waals surface area contributed by atoms with E-state index >= 15 is 0 Å². The molecular formula is C16H22N2O3. The molecule has 0 saturated carbocycles. The number of aliphatic carboxylic acids is 1. The first-order chi connectivity index (χ1) is 9.97. The summed E-state index contributed by atoms with van der Waals surface area (Å²) in [6.07, 6.45) is 0.864. The highest BCUT2D eigenvalue weighted by atomic mass is 16.4. The summed E-state index contributed by atoms with van der Waals surface area (Å²) in [4.78, 5) is 26.8. The Balaban J connectivity index is 1.99. The molecule has 0 spiro atoms. The largest absolute Gasteiger partial charge is 0.480 e. The highest BCUT2D eigenvalue weighted by Crippen LogP contribution is 2.18. The average molecular weight is 290 g/mol. The lowest BCUT2D eigenvalue weighted by Gasteiger charge is -2.32. The van der Waals surface area contributed by atoms with Gasteiger partial charge in [-0.25, -0.2) is 0 Å². The monoisotopic (exact) mass is 290 g/mol. The zero-order valence-corrected chi connectivity index (χ0v) is 12.6. The number of hydrogen-bond acceptors (Lipinski definition) is 3. The summed E-state index contributed by atoms with van der Waals surface area (Å²) < 4.78 is 0. The first-order valence-corrected chi connectivity index (χ1v) is 7.27. The lowest BCUT2D eigenvalue weighted by atomic mass is 10.00. The van der Waals surface area contributed by atoms with Gasteiger partial charge in [0.15, 0.2) is 0 Å². The Kier molecular flexibility index (Phi) is 4.96. The molecule has 1 aliphatic heterocycles. The van der Waals surface area contributed by atoms with Crippen LogP contribution in [0.3, 0.4) is 0 Å². The van der Waals surface area contributed by atoms with Crippen molar-refractivity contribution in [1.29, 1.82) is 0 Å². The van der Waals surface area contributed by atoms with Gasteiger partial charge in [-0.05, 0) is 31.4 Å². The number of carbonyl (C=O) groups is 2. The van der Waals surface area contributed by atoms with Crippen molar-refractivity contribution in [2.75, 3.05) is 19.6 Å². The van der Waals surface area contributed by atoms with E-state index in [0.29, 0.717) is 13.1 Å². The van der Waals surface area contributed by atoms with E-state index in [1.165, 1.54) is 11.1 Å². The normalized spacial score (nSPS) is 14.4. The van der Waals surface area contributed by atoms with Crippen molar-refractivity contribution in [3.63, 3.8) is 0 Å². The Morgan fingerprint density at radius 3 is 2.52 bits per heavy atom. The summed E-state index contributed by atoms with van der Waals surface area (Å²) >= 11 is 0. The predicted molar refractivity (Wildman–Crippen MR) is 79.9 cm³/mol. The Morgan fingerprint density at radius 2 is 1.90 bits per heavy atom. The third-order valence-electron chi connectivity index (χ3n) is 3.89. The van der Waals surface area contributed by atoms with Gasteiger partial charge >= 0.3 is 5.97 Å². The molecule has 0 atom stereocenters. The first kappa shape index (κ1) is 15.5. The smallest absolute Gasteiger partial charge is 0.317 e. The van der Waals surface area contributed by atoms with Gasteiger partial charge in [-0.15, -0.1) is 0 Å². The van der Waals surface area contributed by atoms with Crippen LogP contribution in [0.15, 0.2) is 24.3 Å². The van der Waals surface area contributed by atoms with E-state index in [9.17, 15) is 9.59 Å². The maximum atomic E-state index is 12.4. The summed E-state index contributed by atoms with van der Waals surface area (Å²) in [5.41, 5.74) is 2.49. The second-order valence-corrected chi connectivity index (χ2v) is 5.73. The zero-order valence-electron chi connectivity index (χ0n) is 12.6. The van der Waals surface area contributed by atoms with Crippen LogP contribution in [0.2, 0.25) is 0 Å².